The topological polar surface area (TPSA) is 55.8 Å². The first-order valence-corrected chi connectivity index (χ1v) is 12.1. The van der Waals surface area contributed by atoms with Crippen molar-refractivity contribution in [1.29, 1.82) is 0 Å². The van der Waals surface area contributed by atoms with Crippen molar-refractivity contribution in [2.45, 2.75) is 13.5 Å². The molecule has 2 amide bonds. The summed E-state index contributed by atoms with van der Waals surface area (Å²) in [5, 5.41) is 0.751. The highest BCUT2D eigenvalue weighted by atomic mass is 35.5. The van der Waals surface area contributed by atoms with Crippen molar-refractivity contribution in [2.24, 2.45) is 0 Å². The van der Waals surface area contributed by atoms with Crippen LogP contribution in [0.2, 0.25) is 10.0 Å². The maximum atomic E-state index is 12.7. The molecule has 0 saturated carbocycles. The first-order valence-electron chi connectivity index (χ1n) is 10.5. The Bertz CT molecular complexity index is 1230. The van der Waals surface area contributed by atoms with Crippen molar-refractivity contribution in [1.82, 2.24) is 4.90 Å². The van der Waals surface area contributed by atoms with Crippen molar-refractivity contribution in [3.63, 3.8) is 0 Å². The molecule has 0 N–H and O–H groups in total. The summed E-state index contributed by atoms with van der Waals surface area (Å²) >= 11 is 13.2. The Morgan fingerprint density at radius 3 is 2.38 bits per heavy atom. The molecule has 0 spiro atoms. The zero-order valence-electron chi connectivity index (χ0n) is 18.3. The number of carbonyl (C=O) groups is 2. The van der Waals surface area contributed by atoms with Crippen LogP contribution in [-0.2, 0) is 11.4 Å². The van der Waals surface area contributed by atoms with Gasteiger partial charge in [0.25, 0.3) is 11.1 Å². The van der Waals surface area contributed by atoms with Gasteiger partial charge in [0.05, 0.1) is 16.5 Å². The Kier molecular flexibility index (Phi) is 7.83. The fourth-order valence-corrected chi connectivity index (χ4v) is 4.43. The second kappa shape index (κ2) is 11.0. The third-order valence-corrected chi connectivity index (χ3v) is 6.49. The summed E-state index contributed by atoms with van der Waals surface area (Å²) in [6.07, 6.45) is 1.65. The molecule has 0 unspecified atom stereocenters. The Morgan fingerprint density at radius 1 is 0.941 bits per heavy atom. The van der Waals surface area contributed by atoms with Gasteiger partial charge in [-0.15, -0.1) is 0 Å². The largest absolute Gasteiger partial charge is 0.492 e. The standard InChI is InChI=1S/C26H21Cl2NO4S/c1-17-2-9-21(10-3-17)32-13-12-29-25(30)24(34-26(29)31)15-19-6-11-23(22(28)14-19)33-16-18-4-7-20(27)8-5-18/h2-11,14-15H,12-13,16H2,1H3/b24-15-. The number of rotatable bonds is 8. The van der Waals surface area contributed by atoms with Crippen molar-refractivity contribution >= 4 is 52.2 Å². The highest BCUT2D eigenvalue weighted by Crippen LogP contribution is 2.34. The maximum absolute atomic E-state index is 12.7. The van der Waals surface area contributed by atoms with E-state index in [4.69, 9.17) is 32.7 Å². The van der Waals surface area contributed by atoms with Crippen LogP contribution in [0.15, 0.2) is 71.6 Å². The Balaban J connectivity index is 1.35. The Labute approximate surface area is 212 Å². The van der Waals surface area contributed by atoms with E-state index < -0.39 is 0 Å². The van der Waals surface area contributed by atoms with Gasteiger partial charge >= 0.3 is 0 Å². The number of ether oxygens (including phenoxy) is 2. The molecule has 1 heterocycles. The molecule has 0 atom stereocenters. The first-order chi connectivity index (χ1) is 16.4. The second-order valence-corrected chi connectivity index (χ2v) is 9.44. The van der Waals surface area contributed by atoms with E-state index in [0.717, 1.165) is 22.9 Å². The average Bonchev–Trinajstić information content (AvgIpc) is 3.08. The van der Waals surface area contributed by atoms with E-state index in [0.29, 0.717) is 38.6 Å². The van der Waals surface area contributed by atoms with Crippen LogP contribution in [0.4, 0.5) is 4.79 Å². The maximum Gasteiger partial charge on any atom is 0.293 e. The normalized spacial score (nSPS) is 14.7. The molecule has 1 fully saturated rings. The van der Waals surface area contributed by atoms with Crippen molar-refractivity contribution in [3.05, 3.63) is 98.4 Å². The van der Waals surface area contributed by atoms with Crippen LogP contribution in [0, 0.1) is 6.92 Å². The number of halogens is 2. The summed E-state index contributed by atoms with van der Waals surface area (Å²) in [4.78, 5) is 26.6. The quantitative estimate of drug-likeness (QED) is 0.303. The number of hydrogen-bond acceptors (Lipinski definition) is 5. The van der Waals surface area contributed by atoms with Crippen molar-refractivity contribution in [3.8, 4) is 11.5 Å². The molecule has 5 nitrogen and oxygen atoms in total. The number of nitrogens with zero attached hydrogens (tertiary/aromatic N) is 1. The number of carbonyl (C=O) groups excluding carboxylic acids is 2. The molecule has 3 aromatic carbocycles. The summed E-state index contributed by atoms with van der Waals surface area (Å²) in [5.74, 6) is 0.873. The molecular weight excluding hydrogens is 493 g/mol. The highest BCUT2D eigenvalue weighted by Gasteiger charge is 2.34. The lowest BCUT2D eigenvalue weighted by Gasteiger charge is -2.13. The summed E-state index contributed by atoms with van der Waals surface area (Å²) < 4.78 is 11.4. The van der Waals surface area contributed by atoms with Crippen LogP contribution in [-0.4, -0.2) is 29.2 Å². The number of thioether (sulfide) groups is 1. The van der Waals surface area contributed by atoms with Crippen molar-refractivity contribution < 1.29 is 19.1 Å². The van der Waals surface area contributed by atoms with Gasteiger partial charge in [0.1, 0.15) is 24.7 Å². The summed E-state index contributed by atoms with van der Waals surface area (Å²) in [5.41, 5.74) is 2.79. The zero-order valence-corrected chi connectivity index (χ0v) is 20.6. The molecule has 3 aromatic rings. The van der Waals surface area contributed by atoms with E-state index in [2.05, 4.69) is 0 Å². The summed E-state index contributed by atoms with van der Waals surface area (Å²) in [6, 6.07) is 20.2. The third kappa shape index (κ3) is 6.14. The molecule has 34 heavy (non-hydrogen) atoms. The van der Waals surface area contributed by atoms with E-state index in [1.54, 1.807) is 36.4 Å². The number of amides is 2. The molecule has 4 rings (SSSR count). The predicted octanol–water partition coefficient (Wildman–Crippen LogP) is 7.00. The van der Waals surface area contributed by atoms with Crippen LogP contribution in [0.5, 0.6) is 11.5 Å². The Hall–Kier alpha value is -2.93. The average molecular weight is 514 g/mol. The monoisotopic (exact) mass is 513 g/mol. The molecule has 1 aliphatic rings. The smallest absolute Gasteiger partial charge is 0.293 e. The van der Waals surface area contributed by atoms with Crippen LogP contribution < -0.4 is 9.47 Å². The van der Waals surface area contributed by atoms with Gasteiger partial charge in [-0.25, -0.2) is 0 Å². The molecule has 0 radical (unpaired) electrons. The minimum Gasteiger partial charge on any atom is -0.492 e. The lowest BCUT2D eigenvalue weighted by atomic mass is 10.2. The Morgan fingerprint density at radius 2 is 1.68 bits per heavy atom. The lowest BCUT2D eigenvalue weighted by molar-refractivity contribution is -0.123. The SMILES string of the molecule is Cc1ccc(OCCN2C(=O)S/C(=C\c3ccc(OCc4ccc(Cl)cc4)c(Cl)c3)C2=O)cc1. The molecule has 0 bridgehead atoms. The van der Waals surface area contributed by atoms with E-state index >= 15 is 0 Å². The van der Waals surface area contributed by atoms with Crippen LogP contribution in [0.3, 0.4) is 0 Å². The number of aryl methyl sites for hydroxylation is 1. The minimum absolute atomic E-state index is 0.175. The van der Waals surface area contributed by atoms with Crippen LogP contribution in [0.25, 0.3) is 6.08 Å². The predicted molar refractivity (Wildman–Crippen MR) is 137 cm³/mol. The van der Waals surface area contributed by atoms with E-state index in [9.17, 15) is 9.59 Å². The number of hydrogen-bond donors (Lipinski definition) is 0. The number of imide groups is 1. The second-order valence-electron chi connectivity index (χ2n) is 7.60. The van der Waals surface area contributed by atoms with Gasteiger partial charge < -0.3 is 9.47 Å². The lowest BCUT2D eigenvalue weighted by Crippen LogP contribution is -2.32. The molecule has 8 heteroatoms. The highest BCUT2D eigenvalue weighted by molar-refractivity contribution is 8.18. The summed E-state index contributed by atoms with van der Waals surface area (Å²) in [6.45, 7) is 2.74. The third-order valence-electron chi connectivity index (χ3n) is 5.04. The molecule has 0 aliphatic carbocycles. The van der Waals surface area contributed by atoms with E-state index in [1.165, 1.54) is 4.90 Å². The zero-order chi connectivity index (χ0) is 24.1. The minimum atomic E-state index is -0.346. The van der Waals surface area contributed by atoms with E-state index in [-0.39, 0.29) is 24.3 Å². The summed E-state index contributed by atoms with van der Waals surface area (Å²) in [7, 11) is 0. The molecule has 0 aromatic heterocycles. The van der Waals surface area contributed by atoms with Gasteiger partial charge in [0.15, 0.2) is 0 Å². The fourth-order valence-electron chi connectivity index (χ4n) is 3.20. The molecule has 1 saturated heterocycles. The van der Waals surface area contributed by atoms with Crippen LogP contribution >= 0.6 is 35.0 Å². The van der Waals surface area contributed by atoms with Crippen molar-refractivity contribution in [2.75, 3.05) is 13.2 Å². The molecule has 1 aliphatic heterocycles. The molecule has 174 valence electrons. The van der Waals surface area contributed by atoms with Gasteiger partial charge in [0.2, 0.25) is 0 Å². The van der Waals surface area contributed by atoms with Gasteiger partial charge in [-0.3, -0.25) is 14.5 Å². The van der Waals surface area contributed by atoms with Gasteiger partial charge in [-0.2, -0.15) is 0 Å². The fraction of sp³-hybridized carbons (Fsp3) is 0.154. The van der Waals surface area contributed by atoms with Gasteiger partial charge in [-0.1, -0.05) is 59.1 Å². The van der Waals surface area contributed by atoms with Crippen LogP contribution in [0.1, 0.15) is 16.7 Å². The first kappa shape index (κ1) is 24.2. The van der Waals surface area contributed by atoms with E-state index in [1.807, 2.05) is 43.3 Å². The van der Waals surface area contributed by atoms with Gasteiger partial charge in [0, 0.05) is 5.02 Å². The van der Waals surface area contributed by atoms with Gasteiger partial charge in [-0.05, 0) is 72.3 Å². The number of benzene rings is 3. The molecular formula is C26H21Cl2NO4S.